The van der Waals surface area contributed by atoms with Crippen LogP contribution in [0.2, 0.25) is 0 Å². The zero-order chi connectivity index (χ0) is 12.9. The lowest BCUT2D eigenvalue weighted by Gasteiger charge is -2.12. The Hall–Kier alpha value is -1.48. The Morgan fingerprint density at radius 1 is 1.33 bits per heavy atom. The van der Waals surface area contributed by atoms with Gasteiger partial charge in [0.2, 0.25) is 0 Å². The van der Waals surface area contributed by atoms with Crippen LogP contribution in [-0.2, 0) is 0 Å². The predicted octanol–water partition coefficient (Wildman–Crippen LogP) is 2.83. The molecule has 1 aliphatic carbocycles. The van der Waals surface area contributed by atoms with Gasteiger partial charge in [-0.1, -0.05) is 0 Å². The normalized spacial score (nSPS) is 22.7. The molecular formula is C15H20N2O. The number of nitrogens with zero attached hydrogens (tertiary/aromatic N) is 2. The van der Waals surface area contributed by atoms with Gasteiger partial charge in [-0.2, -0.15) is 0 Å². The molecule has 1 unspecified atom stereocenters. The maximum atomic E-state index is 5.55. The van der Waals surface area contributed by atoms with E-state index in [1.165, 1.54) is 22.9 Å². The lowest BCUT2D eigenvalue weighted by Crippen LogP contribution is -2.17. The molecule has 2 aromatic rings. The highest BCUT2D eigenvalue weighted by molar-refractivity contribution is 5.87. The van der Waals surface area contributed by atoms with Gasteiger partial charge in [0, 0.05) is 17.6 Å². The standard InChI is InChI=1S/C15H20N2O/c1-10-7-11-5-6-17(13-9-12(13)16(2)3)15(11)14(8-10)18-4/h5-8,12-13H,9H2,1-4H3/t12?,13-/m0/s1. The summed E-state index contributed by atoms with van der Waals surface area (Å²) in [6.07, 6.45) is 3.43. The van der Waals surface area contributed by atoms with Gasteiger partial charge >= 0.3 is 0 Å². The van der Waals surface area contributed by atoms with Crippen LogP contribution in [0, 0.1) is 6.92 Å². The van der Waals surface area contributed by atoms with E-state index in [2.05, 4.69) is 54.9 Å². The number of likely N-dealkylation sites (N-methyl/N-ethyl adjacent to an activating group) is 1. The summed E-state index contributed by atoms with van der Waals surface area (Å²) in [5, 5.41) is 1.27. The number of hydrogen-bond donors (Lipinski definition) is 0. The third-order valence-electron chi connectivity index (χ3n) is 3.89. The lowest BCUT2D eigenvalue weighted by molar-refractivity contribution is 0.376. The van der Waals surface area contributed by atoms with Crippen LogP contribution in [0.25, 0.3) is 10.9 Å². The van der Waals surface area contributed by atoms with Gasteiger partial charge in [-0.15, -0.1) is 0 Å². The van der Waals surface area contributed by atoms with Crippen molar-refractivity contribution in [3.05, 3.63) is 30.0 Å². The largest absolute Gasteiger partial charge is 0.495 e. The van der Waals surface area contributed by atoms with Gasteiger partial charge in [-0.25, -0.2) is 0 Å². The molecule has 3 nitrogen and oxygen atoms in total. The molecule has 18 heavy (non-hydrogen) atoms. The molecule has 3 rings (SSSR count). The van der Waals surface area contributed by atoms with E-state index in [1.807, 2.05) is 0 Å². The summed E-state index contributed by atoms with van der Waals surface area (Å²) >= 11 is 0. The first-order valence-electron chi connectivity index (χ1n) is 6.43. The molecule has 0 spiro atoms. The SMILES string of the molecule is COc1cc(C)cc2ccn([C@H]3CC3N(C)C)c12. The van der Waals surface area contributed by atoms with Crippen molar-refractivity contribution in [3.8, 4) is 5.75 Å². The molecular weight excluding hydrogens is 224 g/mol. The summed E-state index contributed by atoms with van der Waals surface area (Å²) in [5.41, 5.74) is 2.48. The topological polar surface area (TPSA) is 17.4 Å². The van der Waals surface area contributed by atoms with E-state index in [0.29, 0.717) is 12.1 Å². The van der Waals surface area contributed by atoms with E-state index < -0.39 is 0 Å². The first-order valence-corrected chi connectivity index (χ1v) is 6.43. The van der Waals surface area contributed by atoms with Gasteiger partial charge in [0.1, 0.15) is 5.75 Å². The zero-order valence-electron chi connectivity index (χ0n) is 11.5. The highest BCUT2D eigenvalue weighted by Crippen LogP contribution is 2.43. The molecule has 3 heteroatoms. The summed E-state index contributed by atoms with van der Waals surface area (Å²) in [5.74, 6) is 0.986. The van der Waals surface area contributed by atoms with Crippen LogP contribution in [0.3, 0.4) is 0 Å². The number of benzene rings is 1. The molecule has 1 fully saturated rings. The molecule has 96 valence electrons. The quantitative estimate of drug-likeness (QED) is 0.826. The van der Waals surface area contributed by atoms with Gasteiger partial charge in [0.15, 0.2) is 0 Å². The molecule has 0 bridgehead atoms. The first kappa shape index (κ1) is 11.6. The number of rotatable bonds is 3. The predicted molar refractivity (Wildman–Crippen MR) is 74.4 cm³/mol. The van der Waals surface area contributed by atoms with Crippen molar-refractivity contribution in [1.29, 1.82) is 0 Å². The highest BCUT2D eigenvalue weighted by Gasteiger charge is 2.41. The van der Waals surface area contributed by atoms with Crippen molar-refractivity contribution >= 4 is 10.9 Å². The third kappa shape index (κ3) is 1.70. The second-order valence-corrected chi connectivity index (χ2v) is 5.46. The van der Waals surface area contributed by atoms with Crippen LogP contribution in [0.1, 0.15) is 18.0 Å². The summed E-state index contributed by atoms with van der Waals surface area (Å²) in [6, 6.07) is 7.78. The fourth-order valence-electron chi connectivity index (χ4n) is 2.87. The smallest absolute Gasteiger partial charge is 0.143 e. The van der Waals surface area contributed by atoms with Crippen molar-refractivity contribution in [2.24, 2.45) is 0 Å². The molecule has 0 N–H and O–H groups in total. The number of ether oxygens (including phenoxy) is 1. The summed E-state index contributed by atoms with van der Waals surface area (Å²) in [7, 11) is 6.05. The lowest BCUT2D eigenvalue weighted by atomic mass is 10.1. The van der Waals surface area contributed by atoms with E-state index in [1.54, 1.807) is 7.11 Å². The molecule has 1 saturated carbocycles. The Balaban J connectivity index is 2.09. The minimum Gasteiger partial charge on any atom is -0.495 e. The molecule has 0 saturated heterocycles. The van der Waals surface area contributed by atoms with Crippen molar-refractivity contribution < 1.29 is 4.74 Å². The molecule has 1 aromatic heterocycles. The van der Waals surface area contributed by atoms with Crippen LogP contribution in [0.4, 0.5) is 0 Å². The van der Waals surface area contributed by atoms with Crippen LogP contribution < -0.4 is 4.74 Å². The fourth-order valence-corrected chi connectivity index (χ4v) is 2.87. The van der Waals surface area contributed by atoms with Crippen molar-refractivity contribution in [2.75, 3.05) is 21.2 Å². The maximum Gasteiger partial charge on any atom is 0.143 e. The second-order valence-electron chi connectivity index (χ2n) is 5.46. The van der Waals surface area contributed by atoms with Crippen molar-refractivity contribution in [2.45, 2.75) is 25.4 Å². The van der Waals surface area contributed by atoms with Crippen LogP contribution >= 0.6 is 0 Å². The number of fused-ring (bicyclic) bond motifs is 1. The van der Waals surface area contributed by atoms with Crippen LogP contribution in [0.5, 0.6) is 5.75 Å². The minimum absolute atomic E-state index is 0.592. The average Bonchev–Trinajstić information content (AvgIpc) is 3.02. The summed E-state index contributed by atoms with van der Waals surface area (Å²) in [4.78, 5) is 2.30. The van der Waals surface area contributed by atoms with Crippen molar-refractivity contribution in [3.63, 3.8) is 0 Å². The summed E-state index contributed by atoms with van der Waals surface area (Å²) in [6.45, 7) is 2.11. The number of hydrogen-bond acceptors (Lipinski definition) is 2. The molecule has 0 radical (unpaired) electrons. The molecule has 0 aliphatic heterocycles. The zero-order valence-corrected chi connectivity index (χ0v) is 11.5. The monoisotopic (exact) mass is 244 g/mol. The molecule has 1 aliphatic rings. The van der Waals surface area contributed by atoms with Crippen LogP contribution in [0.15, 0.2) is 24.4 Å². The Kier molecular flexibility index (Phi) is 2.59. The van der Waals surface area contributed by atoms with Gasteiger partial charge in [-0.05, 0) is 51.2 Å². The Bertz CT molecular complexity index is 585. The number of methoxy groups -OCH3 is 1. The van der Waals surface area contributed by atoms with E-state index in [9.17, 15) is 0 Å². The second kappa shape index (κ2) is 4.02. The molecule has 1 aromatic carbocycles. The molecule has 1 heterocycles. The average molecular weight is 244 g/mol. The maximum absolute atomic E-state index is 5.55. The molecule has 2 atom stereocenters. The number of aromatic nitrogens is 1. The van der Waals surface area contributed by atoms with Gasteiger partial charge in [0.05, 0.1) is 18.7 Å². The van der Waals surface area contributed by atoms with Crippen molar-refractivity contribution in [1.82, 2.24) is 9.47 Å². The Labute approximate surface area is 108 Å². The van der Waals surface area contributed by atoms with E-state index in [4.69, 9.17) is 4.74 Å². The molecule has 0 amide bonds. The van der Waals surface area contributed by atoms with Gasteiger partial charge in [0.25, 0.3) is 0 Å². The van der Waals surface area contributed by atoms with Gasteiger partial charge < -0.3 is 14.2 Å². The fraction of sp³-hybridized carbons (Fsp3) is 0.467. The van der Waals surface area contributed by atoms with E-state index in [-0.39, 0.29) is 0 Å². The minimum atomic E-state index is 0.592. The third-order valence-corrected chi connectivity index (χ3v) is 3.89. The first-order chi connectivity index (χ1) is 8.61. The highest BCUT2D eigenvalue weighted by atomic mass is 16.5. The Morgan fingerprint density at radius 2 is 2.11 bits per heavy atom. The van der Waals surface area contributed by atoms with Gasteiger partial charge in [-0.3, -0.25) is 0 Å². The summed E-state index contributed by atoms with van der Waals surface area (Å²) < 4.78 is 7.92. The Morgan fingerprint density at radius 3 is 2.72 bits per heavy atom. The van der Waals surface area contributed by atoms with E-state index in [0.717, 1.165) is 5.75 Å². The van der Waals surface area contributed by atoms with Crippen LogP contribution in [-0.4, -0.2) is 36.7 Å². The van der Waals surface area contributed by atoms with E-state index >= 15 is 0 Å². The number of aryl methyl sites for hydroxylation is 1.